The first-order valence-corrected chi connectivity index (χ1v) is 7.28. The van der Waals surface area contributed by atoms with Gasteiger partial charge in [0.25, 0.3) is 0 Å². The van der Waals surface area contributed by atoms with Gasteiger partial charge in [-0.3, -0.25) is 0 Å². The number of hydrogen-bond donors (Lipinski definition) is 2. The number of nitrogens with zero attached hydrogens (tertiary/aromatic N) is 1. The van der Waals surface area contributed by atoms with Gasteiger partial charge in [-0.25, -0.2) is 0 Å². The summed E-state index contributed by atoms with van der Waals surface area (Å²) in [5, 5.41) is 13.4. The first-order valence-electron chi connectivity index (χ1n) is 7.28. The Balaban J connectivity index is 1.83. The second-order valence-corrected chi connectivity index (χ2v) is 6.03. The van der Waals surface area contributed by atoms with E-state index in [1.54, 1.807) is 0 Å². The average Bonchev–Trinajstić information content (AvgIpc) is 2.34. The lowest BCUT2D eigenvalue weighted by Crippen LogP contribution is -2.48. The number of piperidine rings is 1. The van der Waals surface area contributed by atoms with Crippen LogP contribution in [0.2, 0.25) is 0 Å². The summed E-state index contributed by atoms with van der Waals surface area (Å²) in [6.07, 6.45) is 6.48. The van der Waals surface area contributed by atoms with Gasteiger partial charge in [-0.05, 0) is 44.7 Å². The Morgan fingerprint density at radius 2 is 2.00 bits per heavy atom. The number of hydrogen-bond acceptors (Lipinski definition) is 3. The second-order valence-electron chi connectivity index (χ2n) is 6.03. The lowest BCUT2D eigenvalue weighted by Gasteiger charge is -2.39. The molecule has 2 aliphatic rings. The largest absolute Gasteiger partial charge is 0.392 e. The van der Waals surface area contributed by atoms with Crippen LogP contribution < -0.4 is 5.32 Å². The fraction of sp³-hybridized carbons (Fsp3) is 1.00. The fourth-order valence-electron chi connectivity index (χ4n) is 3.42. The third-order valence-electron chi connectivity index (χ3n) is 4.78. The van der Waals surface area contributed by atoms with Crippen LogP contribution in [0.3, 0.4) is 0 Å². The first kappa shape index (κ1) is 13.3. The zero-order valence-electron chi connectivity index (χ0n) is 11.4. The topological polar surface area (TPSA) is 35.5 Å². The van der Waals surface area contributed by atoms with Crippen LogP contribution in [0.25, 0.3) is 0 Å². The van der Waals surface area contributed by atoms with Gasteiger partial charge in [0.05, 0.1) is 6.10 Å². The number of rotatable bonds is 3. The molecule has 0 aromatic heterocycles. The summed E-state index contributed by atoms with van der Waals surface area (Å²) in [4.78, 5) is 2.48. The molecule has 100 valence electrons. The van der Waals surface area contributed by atoms with Gasteiger partial charge in [-0.15, -0.1) is 0 Å². The molecular formula is C14H28N2O. The molecule has 0 spiro atoms. The number of aliphatic hydroxyl groups excluding tert-OH is 1. The van der Waals surface area contributed by atoms with Gasteiger partial charge in [0.15, 0.2) is 0 Å². The minimum Gasteiger partial charge on any atom is -0.392 e. The monoisotopic (exact) mass is 240 g/mol. The molecule has 0 bridgehead atoms. The minimum atomic E-state index is -0.111. The summed E-state index contributed by atoms with van der Waals surface area (Å²) >= 11 is 0. The highest BCUT2D eigenvalue weighted by Crippen LogP contribution is 2.26. The maximum atomic E-state index is 9.94. The van der Waals surface area contributed by atoms with Crippen molar-refractivity contribution in [2.75, 3.05) is 26.7 Å². The van der Waals surface area contributed by atoms with E-state index in [9.17, 15) is 5.11 Å². The lowest BCUT2D eigenvalue weighted by atomic mass is 9.83. The molecule has 17 heavy (non-hydrogen) atoms. The highest BCUT2D eigenvalue weighted by atomic mass is 16.3. The van der Waals surface area contributed by atoms with Gasteiger partial charge in [0.1, 0.15) is 0 Å². The SMILES string of the molecule is CNC1CCCCC1CN1CCC(C)C(O)C1. The molecule has 2 N–H and O–H groups in total. The Morgan fingerprint density at radius 3 is 2.71 bits per heavy atom. The van der Waals surface area contributed by atoms with Crippen LogP contribution in [0.4, 0.5) is 0 Å². The van der Waals surface area contributed by atoms with Gasteiger partial charge >= 0.3 is 0 Å². The standard InChI is InChI=1S/C14H28N2O/c1-11-7-8-16(10-14(11)17)9-12-5-3-4-6-13(12)15-2/h11-15,17H,3-10H2,1-2H3. The molecule has 1 aliphatic heterocycles. The third-order valence-corrected chi connectivity index (χ3v) is 4.78. The average molecular weight is 240 g/mol. The van der Waals surface area contributed by atoms with E-state index in [2.05, 4.69) is 24.2 Å². The molecule has 1 saturated heterocycles. The highest BCUT2D eigenvalue weighted by Gasteiger charge is 2.29. The van der Waals surface area contributed by atoms with Gasteiger partial charge in [0.2, 0.25) is 0 Å². The number of β-amino-alcohol motifs (C(OH)–C–C–N with tert-alkyl or cyclic N) is 1. The van der Waals surface area contributed by atoms with Gasteiger partial charge in [-0.2, -0.15) is 0 Å². The molecule has 0 radical (unpaired) electrons. The van der Waals surface area contributed by atoms with Crippen molar-refractivity contribution >= 4 is 0 Å². The summed E-state index contributed by atoms with van der Waals surface area (Å²) < 4.78 is 0. The van der Waals surface area contributed by atoms with E-state index in [1.807, 2.05) is 0 Å². The number of likely N-dealkylation sites (tertiary alicyclic amines) is 1. The fourth-order valence-corrected chi connectivity index (χ4v) is 3.42. The predicted molar refractivity (Wildman–Crippen MR) is 71.0 cm³/mol. The Kier molecular flexibility index (Phi) is 4.83. The quantitative estimate of drug-likeness (QED) is 0.784. The number of aliphatic hydroxyl groups is 1. The molecule has 1 saturated carbocycles. The van der Waals surface area contributed by atoms with Crippen LogP contribution in [0.15, 0.2) is 0 Å². The van der Waals surface area contributed by atoms with E-state index in [-0.39, 0.29) is 6.10 Å². The van der Waals surface area contributed by atoms with Crippen LogP contribution >= 0.6 is 0 Å². The van der Waals surface area contributed by atoms with Crippen molar-refractivity contribution in [3.8, 4) is 0 Å². The molecule has 2 fully saturated rings. The zero-order chi connectivity index (χ0) is 12.3. The molecule has 2 rings (SSSR count). The summed E-state index contributed by atoms with van der Waals surface area (Å²) in [5.41, 5.74) is 0. The first-order chi connectivity index (χ1) is 8.20. The van der Waals surface area contributed by atoms with E-state index in [1.165, 1.54) is 38.8 Å². The summed E-state index contributed by atoms with van der Waals surface area (Å²) in [6, 6.07) is 0.695. The van der Waals surface area contributed by atoms with Crippen molar-refractivity contribution in [1.29, 1.82) is 0 Å². The molecule has 4 unspecified atom stereocenters. The molecule has 0 aromatic carbocycles. The van der Waals surface area contributed by atoms with Crippen LogP contribution in [-0.4, -0.2) is 48.8 Å². The van der Waals surface area contributed by atoms with E-state index >= 15 is 0 Å². The van der Waals surface area contributed by atoms with Crippen LogP contribution in [0.5, 0.6) is 0 Å². The maximum Gasteiger partial charge on any atom is 0.0693 e. The summed E-state index contributed by atoms with van der Waals surface area (Å²) in [7, 11) is 2.09. The normalized spacial score (nSPS) is 40.4. The Morgan fingerprint density at radius 1 is 1.24 bits per heavy atom. The Hall–Kier alpha value is -0.120. The summed E-state index contributed by atoms with van der Waals surface area (Å²) in [5.74, 6) is 1.27. The van der Waals surface area contributed by atoms with Crippen molar-refractivity contribution in [3.63, 3.8) is 0 Å². The van der Waals surface area contributed by atoms with Gasteiger partial charge in [-0.1, -0.05) is 19.8 Å². The van der Waals surface area contributed by atoms with Crippen molar-refractivity contribution in [1.82, 2.24) is 10.2 Å². The molecule has 3 heteroatoms. The van der Waals surface area contributed by atoms with Crippen molar-refractivity contribution in [2.45, 2.75) is 51.2 Å². The van der Waals surface area contributed by atoms with Crippen molar-refractivity contribution in [3.05, 3.63) is 0 Å². The number of nitrogens with one attached hydrogen (secondary N) is 1. The Labute approximate surface area is 106 Å². The van der Waals surface area contributed by atoms with E-state index in [4.69, 9.17) is 0 Å². The molecule has 1 heterocycles. The predicted octanol–water partition coefficient (Wildman–Crippen LogP) is 1.47. The van der Waals surface area contributed by atoms with Crippen molar-refractivity contribution in [2.24, 2.45) is 11.8 Å². The van der Waals surface area contributed by atoms with Gasteiger partial charge in [0, 0.05) is 19.1 Å². The zero-order valence-corrected chi connectivity index (χ0v) is 11.4. The molecule has 0 amide bonds. The van der Waals surface area contributed by atoms with Crippen molar-refractivity contribution < 1.29 is 5.11 Å². The van der Waals surface area contributed by atoms with Crippen LogP contribution in [-0.2, 0) is 0 Å². The smallest absolute Gasteiger partial charge is 0.0693 e. The highest BCUT2D eigenvalue weighted by molar-refractivity contribution is 4.85. The molecule has 0 aromatic rings. The lowest BCUT2D eigenvalue weighted by molar-refractivity contribution is 0.0177. The van der Waals surface area contributed by atoms with Gasteiger partial charge < -0.3 is 15.3 Å². The summed E-state index contributed by atoms with van der Waals surface area (Å²) in [6.45, 7) is 5.40. The molecular weight excluding hydrogens is 212 g/mol. The van der Waals surface area contributed by atoms with Crippen LogP contribution in [0.1, 0.15) is 39.0 Å². The van der Waals surface area contributed by atoms with E-state index in [0.29, 0.717) is 12.0 Å². The maximum absolute atomic E-state index is 9.94. The Bertz CT molecular complexity index is 234. The molecule has 3 nitrogen and oxygen atoms in total. The minimum absolute atomic E-state index is 0.111. The molecule has 4 atom stereocenters. The third kappa shape index (κ3) is 3.43. The van der Waals surface area contributed by atoms with E-state index in [0.717, 1.165) is 18.9 Å². The van der Waals surface area contributed by atoms with E-state index < -0.39 is 0 Å². The molecule has 1 aliphatic carbocycles. The van der Waals surface area contributed by atoms with Crippen LogP contribution in [0, 0.1) is 11.8 Å². The second kappa shape index (κ2) is 6.17.